The Kier molecular flexibility index (Phi) is 6.85. The van der Waals surface area contributed by atoms with Crippen LogP contribution in [0.4, 0.5) is 27.6 Å². The first-order chi connectivity index (χ1) is 15.0. The number of carbonyl (C=O) groups excluding carboxylic acids is 2. The first-order valence-corrected chi connectivity index (χ1v) is 9.61. The molecule has 1 fully saturated rings. The van der Waals surface area contributed by atoms with E-state index in [-0.39, 0.29) is 18.7 Å². The Bertz CT molecular complexity index is 982. The highest BCUT2D eigenvalue weighted by Gasteiger charge is 2.35. The van der Waals surface area contributed by atoms with Crippen molar-refractivity contribution in [2.24, 2.45) is 5.73 Å². The number of piperazine rings is 1. The topological polar surface area (TPSA) is 75.9 Å². The molecule has 2 amide bonds. The molecule has 3 rings (SSSR count). The lowest BCUT2D eigenvalue weighted by atomic mass is 10.1. The normalized spacial score (nSPS) is 16.7. The Labute approximate surface area is 180 Å². The molecule has 1 aliphatic heterocycles. The Morgan fingerprint density at radius 3 is 2.31 bits per heavy atom. The van der Waals surface area contributed by atoms with Crippen LogP contribution < -0.4 is 15.4 Å². The van der Waals surface area contributed by atoms with Crippen LogP contribution in [0.3, 0.4) is 0 Å². The van der Waals surface area contributed by atoms with E-state index < -0.39 is 54.4 Å². The number of primary amides is 1. The molecule has 11 heteroatoms. The predicted molar refractivity (Wildman–Crippen MR) is 105 cm³/mol. The monoisotopic (exact) mass is 457 g/mol. The van der Waals surface area contributed by atoms with Crippen LogP contribution in [0.1, 0.15) is 5.56 Å². The van der Waals surface area contributed by atoms with E-state index in [1.807, 2.05) is 0 Å². The summed E-state index contributed by atoms with van der Waals surface area (Å²) in [5.41, 5.74) is 6.17. The number of amides is 2. The fourth-order valence-electron chi connectivity index (χ4n) is 3.44. The number of rotatable bonds is 6. The Hall–Kier alpha value is -3.37. The third-order valence-corrected chi connectivity index (χ3v) is 4.98. The maximum Gasteiger partial charge on any atom is 0.422 e. The molecule has 1 aliphatic rings. The summed E-state index contributed by atoms with van der Waals surface area (Å²) < 4.78 is 68.8. The van der Waals surface area contributed by atoms with Gasteiger partial charge in [0, 0.05) is 37.0 Å². The lowest BCUT2D eigenvalue weighted by Gasteiger charge is -2.41. The molecule has 0 spiro atoms. The van der Waals surface area contributed by atoms with Gasteiger partial charge in [-0.2, -0.15) is 13.2 Å². The van der Waals surface area contributed by atoms with Gasteiger partial charge in [0.1, 0.15) is 23.4 Å². The Morgan fingerprint density at radius 1 is 1.03 bits per heavy atom. The molecule has 1 saturated heterocycles. The van der Waals surface area contributed by atoms with Crippen molar-refractivity contribution in [3.05, 3.63) is 59.7 Å². The fraction of sp³-hybridized carbons (Fsp3) is 0.333. The molecule has 1 unspecified atom stereocenters. The summed E-state index contributed by atoms with van der Waals surface area (Å²) in [6.07, 6.45) is -5.05. The molecule has 2 aromatic carbocycles. The van der Waals surface area contributed by atoms with Crippen LogP contribution in [-0.2, 0) is 16.0 Å². The zero-order valence-electron chi connectivity index (χ0n) is 16.7. The van der Waals surface area contributed by atoms with Gasteiger partial charge in [-0.1, -0.05) is 6.07 Å². The molecule has 32 heavy (non-hydrogen) atoms. The van der Waals surface area contributed by atoms with E-state index >= 15 is 0 Å². The average Bonchev–Trinajstić information content (AvgIpc) is 2.73. The minimum Gasteiger partial charge on any atom is -0.484 e. The minimum absolute atomic E-state index is 0.0461. The maximum atomic E-state index is 13.5. The van der Waals surface area contributed by atoms with Gasteiger partial charge in [0.25, 0.3) is 0 Å². The van der Waals surface area contributed by atoms with E-state index in [9.17, 15) is 31.5 Å². The fourth-order valence-corrected chi connectivity index (χ4v) is 3.44. The summed E-state index contributed by atoms with van der Waals surface area (Å²) >= 11 is 0. The van der Waals surface area contributed by atoms with Crippen molar-refractivity contribution in [1.82, 2.24) is 4.90 Å². The summed E-state index contributed by atoms with van der Waals surface area (Å²) in [6, 6.07) is 7.52. The number of nitrogens with two attached hydrogens (primary N) is 1. The summed E-state index contributed by atoms with van der Waals surface area (Å²) in [5.74, 6) is -2.98. The van der Waals surface area contributed by atoms with Crippen LogP contribution in [0.25, 0.3) is 0 Å². The molecule has 0 aliphatic carbocycles. The number of anilines is 1. The van der Waals surface area contributed by atoms with E-state index in [2.05, 4.69) is 4.74 Å². The summed E-state index contributed by atoms with van der Waals surface area (Å²) in [6.45, 7) is -1.16. The first kappa shape index (κ1) is 23.3. The van der Waals surface area contributed by atoms with Gasteiger partial charge >= 0.3 is 6.18 Å². The number of carbonyl (C=O) groups is 2. The van der Waals surface area contributed by atoms with E-state index in [1.54, 1.807) is 4.90 Å². The number of ether oxygens (including phenoxy) is 1. The molecule has 0 radical (unpaired) electrons. The zero-order valence-corrected chi connectivity index (χ0v) is 16.7. The van der Waals surface area contributed by atoms with E-state index in [1.165, 1.54) is 29.2 Å². The van der Waals surface area contributed by atoms with E-state index in [0.29, 0.717) is 12.2 Å². The van der Waals surface area contributed by atoms with E-state index in [4.69, 9.17) is 5.73 Å². The van der Waals surface area contributed by atoms with Crippen molar-refractivity contribution < 1.29 is 36.3 Å². The molecular weight excluding hydrogens is 437 g/mol. The van der Waals surface area contributed by atoms with Gasteiger partial charge in [-0.15, -0.1) is 0 Å². The van der Waals surface area contributed by atoms with E-state index in [0.717, 1.165) is 18.2 Å². The molecule has 0 bridgehead atoms. The van der Waals surface area contributed by atoms with Crippen LogP contribution >= 0.6 is 0 Å². The second-order valence-corrected chi connectivity index (χ2v) is 7.26. The SMILES string of the molecule is NC(=O)C1CN(c2ccc(F)cc2)CCN1C(=O)Cc1ccc(F)cc1OCC(F)(F)F. The molecule has 1 heterocycles. The quantitative estimate of drug-likeness (QED) is 0.677. The van der Waals surface area contributed by atoms with Crippen molar-refractivity contribution >= 4 is 17.5 Å². The number of alkyl halides is 3. The number of nitrogens with zero attached hydrogens (tertiary/aromatic N) is 2. The van der Waals surface area contributed by atoms with Gasteiger partial charge in [-0.05, 0) is 30.3 Å². The second-order valence-electron chi connectivity index (χ2n) is 7.26. The van der Waals surface area contributed by atoms with Crippen molar-refractivity contribution in [1.29, 1.82) is 0 Å². The lowest BCUT2D eigenvalue weighted by molar-refractivity contribution is -0.153. The van der Waals surface area contributed by atoms with Crippen LogP contribution in [0.5, 0.6) is 5.75 Å². The zero-order chi connectivity index (χ0) is 23.5. The van der Waals surface area contributed by atoms with Gasteiger partial charge in [-0.25, -0.2) is 8.78 Å². The van der Waals surface area contributed by atoms with Crippen molar-refractivity contribution in [3.63, 3.8) is 0 Å². The molecule has 2 N–H and O–H groups in total. The van der Waals surface area contributed by atoms with Gasteiger partial charge in [0.2, 0.25) is 11.8 Å². The van der Waals surface area contributed by atoms with Crippen molar-refractivity contribution in [2.45, 2.75) is 18.6 Å². The first-order valence-electron chi connectivity index (χ1n) is 9.61. The van der Waals surface area contributed by atoms with Crippen LogP contribution in [-0.4, -0.2) is 55.2 Å². The third kappa shape index (κ3) is 5.86. The van der Waals surface area contributed by atoms with Gasteiger partial charge < -0.3 is 20.3 Å². The largest absolute Gasteiger partial charge is 0.484 e. The maximum absolute atomic E-state index is 13.5. The summed E-state index contributed by atoms with van der Waals surface area (Å²) in [7, 11) is 0. The molecule has 6 nitrogen and oxygen atoms in total. The van der Waals surface area contributed by atoms with Gasteiger partial charge in [-0.3, -0.25) is 9.59 Å². The van der Waals surface area contributed by atoms with Crippen LogP contribution in [0.15, 0.2) is 42.5 Å². The molecule has 0 saturated carbocycles. The number of hydrogen-bond acceptors (Lipinski definition) is 4. The summed E-state index contributed by atoms with van der Waals surface area (Å²) in [4.78, 5) is 27.9. The Morgan fingerprint density at radius 2 is 1.69 bits per heavy atom. The molecule has 172 valence electrons. The highest BCUT2D eigenvalue weighted by atomic mass is 19.4. The Balaban J connectivity index is 1.74. The highest BCUT2D eigenvalue weighted by Crippen LogP contribution is 2.26. The molecule has 0 aromatic heterocycles. The summed E-state index contributed by atoms with van der Waals surface area (Å²) in [5, 5.41) is 0. The van der Waals surface area contributed by atoms with Crippen LogP contribution in [0, 0.1) is 11.6 Å². The number of halogens is 5. The van der Waals surface area contributed by atoms with Gasteiger partial charge in [0.15, 0.2) is 6.61 Å². The van der Waals surface area contributed by atoms with Gasteiger partial charge in [0.05, 0.1) is 6.42 Å². The van der Waals surface area contributed by atoms with Crippen molar-refractivity contribution in [3.8, 4) is 5.75 Å². The number of hydrogen-bond donors (Lipinski definition) is 1. The smallest absolute Gasteiger partial charge is 0.422 e. The van der Waals surface area contributed by atoms with Crippen molar-refractivity contribution in [2.75, 3.05) is 31.1 Å². The third-order valence-electron chi connectivity index (χ3n) is 4.98. The molecule has 1 atom stereocenters. The van der Waals surface area contributed by atoms with Crippen LogP contribution in [0.2, 0.25) is 0 Å². The highest BCUT2D eigenvalue weighted by molar-refractivity contribution is 5.88. The molecule has 2 aromatic rings. The molecular formula is C21H20F5N3O3. The standard InChI is InChI=1S/C21H20F5N3O3/c22-14-3-5-16(6-4-14)28-7-8-29(17(11-28)20(27)31)19(30)9-13-1-2-15(23)10-18(13)32-12-21(24,25)26/h1-6,10,17H,7-9,11-12H2,(H2,27,31). The predicted octanol–water partition coefficient (Wildman–Crippen LogP) is 2.65. The average molecular weight is 457 g/mol. The number of benzene rings is 2. The second kappa shape index (κ2) is 9.41. The lowest BCUT2D eigenvalue weighted by Crippen LogP contribution is -2.60. The minimum atomic E-state index is -4.64.